The van der Waals surface area contributed by atoms with Crippen molar-refractivity contribution >= 4 is 6.21 Å². The highest BCUT2D eigenvalue weighted by Gasteiger charge is 2.05. The average Bonchev–Trinajstić information content (AvgIpc) is 2.22. The lowest BCUT2D eigenvalue weighted by Gasteiger charge is -2.06. The Kier molecular flexibility index (Phi) is 4.16. The van der Waals surface area contributed by atoms with Crippen molar-refractivity contribution in [3.05, 3.63) is 23.3 Å². The van der Waals surface area contributed by atoms with Gasteiger partial charge in [-0.05, 0) is 25.0 Å². The normalized spacial score (nSPS) is 10.9. The first kappa shape index (κ1) is 11.6. The summed E-state index contributed by atoms with van der Waals surface area (Å²) in [4.78, 5) is 4.21. The fraction of sp³-hybridized carbons (Fsp3) is 0.417. The van der Waals surface area contributed by atoms with Crippen LogP contribution in [0.15, 0.2) is 17.1 Å². The number of methoxy groups -OCH3 is 1. The lowest BCUT2D eigenvalue weighted by atomic mass is 10.1. The van der Waals surface area contributed by atoms with Crippen LogP contribution in [0.5, 0.6) is 11.5 Å². The standard InChI is InChI=1S/C12H17NO2/c1-4-5-13-8-11-9(2)6-10(15-3)7-12(11)14/h6-8,14H,4-5H2,1-3H3. The molecule has 0 radical (unpaired) electrons. The Labute approximate surface area is 90.4 Å². The number of phenolic OH excluding ortho intramolecular Hbond substituents is 1. The number of aromatic hydroxyl groups is 1. The molecule has 1 rings (SSSR count). The van der Waals surface area contributed by atoms with E-state index in [-0.39, 0.29) is 5.75 Å². The fourth-order valence-corrected chi connectivity index (χ4v) is 1.32. The van der Waals surface area contributed by atoms with Crippen molar-refractivity contribution in [2.75, 3.05) is 13.7 Å². The van der Waals surface area contributed by atoms with Crippen LogP contribution in [0.25, 0.3) is 0 Å². The van der Waals surface area contributed by atoms with Crippen LogP contribution in [0.4, 0.5) is 0 Å². The van der Waals surface area contributed by atoms with Crippen LogP contribution in [0, 0.1) is 6.92 Å². The molecule has 0 unspecified atom stereocenters. The van der Waals surface area contributed by atoms with Gasteiger partial charge in [0.2, 0.25) is 0 Å². The molecule has 0 saturated carbocycles. The number of hydrogen-bond acceptors (Lipinski definition) is 3. The molecule has 0 spiro atoms. The third-order valence-electron chi connectivity index (χ3n) is 2.15. The molecule has 0 aliphatic heterocycles. The zero-order valence-electron chi connectivity index (χ0n) is 9.45. The third-order valence-corrected chi connectivity index (χ3v) is 2.15. The number of aliphatic imine (C=N–C) groups is 1. The van der Waals surface area contributed by atoms with Crippen LogP contribution in [-0.2, 0) is 0 Å². The van der Waals surface area contributed by atoms with Gasteiger partial charge < -0.3 is 9.84 Å². The number of hydrogen-bond donors (Lipinski definition) is 1. The molecule has 1 aromatic rings. The molecule has 1 aromatic carbocycles. The monoisotopic (exact) mass is 207 g/mol. The van der Waals surface area contributed by atoms with E-state index in [0.29, 0.717) is 5.75 Å². The van der Waals surface area contributed by atoms with Crippen LogP contribution in [0.3, 0.4) is 0 Å². The summed E-state index contributed by atoms with van der Waals surface area (Å²) in [6.07, 6.45) is 2.72. The minimum Gasteiger partial charge on any atom is -0.507 e. The first-order valence-corrected chi connectivity index (χ1v) is 5.06. The van der Waals surface area contributed by atoms with Crippen molar-refractivity contribution in [2.24, 2.45) is 4.99 Å². The molecule has 0 aromatic heterocycles. The number of ether oxygens (including phenoxy) is 1. The van der Waals surface area contributed by atoms with E-state index in [2.05, 4.69) is 11.9 Å². The molecule has 0 aliphatic rings. The SMILES string of the molecule is CCCN=Cc1c(C)cc(OC)cc1O. The zero-order chi connectivity index (χ0) is 11.3. The summed E-state index contributed by atoms with van der Waals surface area (Å²) in [5, 5.41) is 9.73. The highest BCUT2D eigenvalue weighted by atomic mass is 16.5. The summed E-state index contributed by atoms with van der Waals surface area (Å²) in [5.41, 5.74) is 1.73. The largest absolute Gasteiger partial charge is 0.507 e. The lowest BCUT2D eigenvalue weighted by Crippen LogP contribution is -1.92. The fourth-order valence-electron chi connectivity index (χ4n) is 1.32. The molecule has 0 atom stereocenters. The van der Waals surface area contributed by atoms with Crippen LogP contribution in [0.2, 0.25) is 0 Å². The van der Waals surface area contributed by atoms with E-state index in [1.807, 2.05) is 13.0 Å². The van der Waals surface area contributed by atoms with Gasteiger partial charge in [0, 0.05) is 24.4 Å². The highest BCUT2D eigenvalue weighted by molar-refractivity contribution is 5.85. The van der Waals surface area contributed by atoms with Crippen LogP contribution in [0.1, 0.15) is 24.5 Å². The van der Waals surface area contributed by atoms with Gasteiger partial charge >= 0.3 is 0 Å². The third kappa shape index (κ3) is 2.98. The maximum atomic E-state index is 9.73. The summed E-state index contributed by atoms with van der Waals surface area (Å²) in [6.45, 7) is 4.78. The number of phenols is 1. The van der Waals surface area contributed by atoms with Gasteiger partial charge in [-0.2, -0.15) is 0 Å². The van der Waals surface area contributed by atoms with Gasteiger partial charge in [0.15, 0.2) is 0 Å². The average molecular weight is 207 g/mol. The minimum absolute atomic E-state index is 0.215. The van der Waals surface area contributed by atoms with E-state index in [9.17, 15) is 5.11 Å². The molecule has 15 heavy (non-hydrogen) atoms. The molecule has 1 N–H and O–H groups in total. The Morgan fingerprint density at radius 1 is 1.47 bits per heavy atom. The first-order valence-electron chi connectivity index (χ1n) is 5.06. The topological polar surface area (TPSA) is 41.8 Å². The second-order valence-electron chi connectivity index (χ2n) is 3.41. The predicted molar refractivity (Wildman–Crippen MR) is 62.1 cm³/mol. The molecule has 3 heteroatoms. The van der Waals surface area contributed by atoms with Crippen LogP contribution < -0.4 is 4.74 Å². The minimum atomic E-state index is 0.215. The Balaban J connectivity index is 2.98. The number of benzene rings is 1. The molecule has 0 heterocycles. The molecular formula is C12H17NO2. The summed E-state index contributed by atoms with van der Waals surface area (Å²) in [6, 6.07) is 3.48. The lowest BCUT2D eigenvalue weighted by molar-refractivity contribution is 0.407. The maximum Gasteiger partial charge on any atom is 0.128 e. The van der Waals surface area contributed by atoms with Crippen molar-refractivity contribution in [1.29, 1.82) is 0 Å². The number of nitrogens with zero attached hydrogens (tertiary/aromatic N) is 1. The second-order valence-corrected chi connectivity index (χ2v) is 3.41. The van der Waals surface area contributed by atoms with E-state index in [1.165, 1.54) is 0 Å². The Morgan fingerprint density at radius 3 is 2.73 bits per heavy atom. The van der Waals surface area contributed by atoms with Crippen molar-refractivity contribution in [3.8, 4) is 11.5 Å². The molecule has 0 amide bonds. The summed E-state index contributed by atoms with van der Waals surface area (Å²) >= 11 is 0. The van der Waals surface area contributed by atoms with E-state index in [1.54, 1.807) is 19.4 Å². The van der Waals surface area contributed by atoms with Gasteiger partial charge in [-0.15, -0.1) is 0 Å². The van der Waals surface area contributed by atoms with Gasteiger partial charge in [0.25, 0.3) is 0 Å². The number of aryl methyl sites for hydroxylation is 1. The van der Waals surface area contributed by atoms with E-state index >= 15 is 0 Å². The smallest absolute Gasteiger partial charge is 0.128 e. The molecular weight excluding hydrogens is 190 g/mol. The van der Waals surface area contributed by atoms with Crippen molar-refractivity contribution in [1.82, 2.24) is 0 Å². The molecule has 82 valence electrons. The molecule has 0 aliphatic carbocycles. The quantitative estimate of drug-likeness (QED) is 0.771. The highest BCUT2D eigenvalue weighted by Crippen LogP contribution is 2.25. The van der Waals surface area contributed by atoms with Crippen LogP contribution in [-0.4, -0.2) is 25.0 Å². The number of rotatable bonds is 4. The van der Waals surface area contributed by atoms with Crippen molar-refractivity contribution in [3.63, 3.8) is 0 Å². The Hall–Kier alpha value is -1.51. The van der Waals surface area contributed by atoms with Gasteiger partial charge in [0.1, 0.15) is 11.5 Å². The van der Waals surface area contributed by atoms with Crippen molar-refractivity contribution in [2.45, 2.75) is 20.3 Å². The van der Waals surface area contributed by atoms with Gasteiger partial charge in [-0.25, -0.2) is 0 Å². The molecule has 0 bridgehead atoms. The van der Waals surface area contributed by atoms with E-state index in [0.717, 1.165) is 24.1 Å². The zero-order valence-corrected chi connectivity index (χ0v) is 9.45. The summed E-state index contributed by atoms with van der Waals surface area (Å²) in [7, 11) is 1.58. The molecule has 0 saturated heterocycles. The molecule has 3 nitrogen and oxygen atoms in total. The van der Waals surface area contributed by atoms with Gasteiger partial charge in [-0.3, -0.25) is 4.99 Å². The Morgan fingerprint density at radius 2 is 2.20 bits per heavy atom. The predicted octanol–water partition coefficient (Wildman–Crippen LogP) is 2.54. The summed E-state index contributed by atoms with van der Waals surface area (Å²) < 4.78 is 5.05. The van der Waals surface area contributed by atoms with Gasteiger partial charge in [-0.1, -0.05) is 6.92 Å². The first-order chi connectivity index (χ1) is 7.19. The second kappa shape index (κ2) is 5.39. The van der Waals surface area contributed by atoms with E-state index in [4.69, 9.17) is 4.74 Å². The maximum absolute atomic E-state index is 9.73. The van der Waals surface area contributed by atoms with Crippen molar-refractivity contribution < 1.29 is 9.84 Å². The summed E-state index contributed by atoms with van der Waals surface area (Å²) in [5.74, 6) is 0.879. The van der Waals surface area contributed by atoms with Gasteiger partial charge in [0.05, 0.1) is 7.11 Å². The van der Waals surface area contributed by atoms with E-state index < -0.39 is 0 Å². The Bertz CT molecular complexity index is 336. The van der Waals surface area contributed by atoms with Crippen LogP contribution >= 0.6 is 0 Å². The molecule has 0 fully saturated rings.